The highest BCUT2D eigenvalue weighted by Crippen LogP contribution is 2.43. The molecular formula is C30H60N2O6P+. The molecule has 0 heterocycles. The first-order chi connectivity index (χ1) is 18.5. The van der Waals surface area contributed by atoms with E-state index in [1.165, 1.54) is 51.4 Å². The van der Waals surface area contributed by atoms with Crippen molar-refractivity contribution in [2.75, 3.05) is 40.9 Å². The first-order valence-corrected chi connectivity index (χ1v) is 16.7. The highest BCUT2D eigenvalue weighted by atomic mass is 31.2. The number of carbonyl (C=O) groups is 1. The highest BCUT2D eigenvalue weighted by Gasteiger charge is 2.27. The van der Waals surface area contributed by atoms with Gasteiger partial charge in [0.1, 0.15) is 13.2 Å². The highest BCUT2D eigenvalue weighted by molar-refractivity contribution is 7.47. The molecule has 0 aliphatic carbocycles. The second-order valence-electron chi connectivity index (χ2n) is 11.5. The predicted molar refractivity (Wildman–Crippen MR) is 161 cm³/mol. The number of hydrogen-bond acceptors (Lipinski definition) is 5. The van der Waals surface area contributed by atoms with Crippen LogP contribution in [0, 0.1) is 0 Å². The van der Waals surface area contributed by atoms with Gasteiger partial charge in [-0.2, -0.15) is 0 Å². The third-order valence-electron chi connectivity index (χ3n) is 6.42. The Bertz CT molecular complexity index is 708. The lowest BCUT2D eigenvalue weighted by atomic mass is 10.1. The summed E-state index contributed by atoms with van der Waals surface area (Å²) in [6.45, 7) is 4.56. The van der Waals surface area contributed by atoms with E-state index in [0.717, 1.165) is 38.5 Å². The zero-order chi connectivity index (χ0) is 29.4. The number of aliphatic hydroxyl groups excluding tert-OH is 1. The van der Waals surface area contributed by atoms with E-state index in [1.54, 1.807) is 6.08 Å². The van der Waals surface area contributed by atoms with Gasteiger partial charge in [-0.15, -0.1) is 0 Å². The van der Waals surface area contributed by atoms with Crippen LogP contribution in [0.15, 0.2) is 24.3 Å². The van der Waals surface area contributed by atoms with Crippen LogP contribution in [0.25, 0.3) is 0 Å². The molecule has 3 atom stereocenters. The molecular weight excluding hydrogens is 515 g/mol. The quantitative estimate of drug-likeness (QED) is 0.0460. The van der Waals surface area contributed by atoms with Crippen molar-refractivity contribution < 1.29 is 32.9 Å². The number of amides is 1. The lowest BCUT2D eigenvalue weighted by Gasteiger charge is -2.25. The van der Waals surface area contributed by atoms with Gasteiger partial charge >= 0.3 is 7.82 Å². The van der Waals surface area contributed by atoms with Gasteiger partial charge in [0.2, 0.25) is 5.91 Å². The molecule has 0 saturated heterocycles. The maximum atomic E-state index is 12.4. The molecule has 0 aromatic carbocycles. The van der Waals surface area contributed by atoms with Crippen molar-refractivity contribution in [2.24, 2.45) is 0 Å². The van der Waals surface area contributed by atoms with Crippen LogP contribution in [0.5, 0.6) is 0 Å². The molecule has 39 heavy (non-hydrogen) atoms. The van der Waals surface area contributed by atoms with Crippen LogP contribution in [-0.2, 0) is 18.4 Å². The number of hydrogen-bond donors (Lipinski definition) is 3. The Morgan fingerprint density at radius 3 is 2.05 bits per heavy atom. The zero-order valence-corrected chi connectivity index (χ0v) is 26.5. The Labute approximate surface area is 239 Å². The molecule has 9 heteroatoms. The number of carbonyl (C=O) groups excluding carboxylic acids is 1. The number of aliphatic hydroxyl groups is 1. The Morgan fingerprint density at radius 1 is 0.846 bits per heavy atom. The molecule has 3 unspecified atom stereocenters. The molecule has 0 aliphatic heterocycles. The molecule has 230 valence electrons. The number of rotatable bonds is 26. The van der Waals surface area contributed by atoms with Crippen LogP contribution in [0.4, 0.5) is 0 Å². The number of phosphoric acid groups is 1. The fraction of sp³-hybridized carbons (Fsp3) is 0.833. The molecule has 0 aromatic rings. The summed E-state index contributed by atoms with van der Waals surface area (Å²) in [7, 11) is 1.54. The molecule has 0 saturated carbocycles. The fourth-order valence-corrected chi connectivity index (χ4v) is 4.61. The summed E-state index contributed by atoms with van der Waals surface area (Å²) in [5.41, 5.74) is 0. The van der Waals surface area contributed by atoms with Crippen LogP contribution in [0.2, 0.25) is 0 Å². The minimum atomic E-state index is -4.31. The van der Waals surface area contributed by atoms with Crippen molar-refractivity contribution in [3.63, 3.8) is 0 Å². The van der Waals surface area contributed by atoms with Crippen molar-refractivity contribution in [3.8, 4) is 0 Å². The van der Waals surface area contributed by atoms with E-state index in [-0.39, 0.29) is 19.1 Å². The summed E-state index contributed by atoms with van der Waals surface area (Å²) < 4.78 is 23.1. The second kappa shape index (κ2) is 23.7. The molecule has 0 rings (SSSR count). The summed E-state index contributed by atoms with van der Waals surface area (Å²) in [6, 6.07) is -0.852. The molecule has 0 radical (unpaired) electrons. The summed E-state index contributed by atoms with van der Waals surface area (Å²) in [5, 5.41) is 13.4. The standard InChI is InChI=1S/C30H59N2O6P/c1-6-8-10-11-12-13-14-15-16-17-18-19-20-22-23-29(33)28(31-30(34)24-21-9-7-2)27-38-39(35,36)37-26-25-32(3,4)5/h17-18,22-23,28-29,33H,6-16,19-21,24-27H2,1-5H3,(H-,31,34,35,36)/p+1/b18-17+,23-22+. The number of nitrogens with zero attached hydrogens (tertiary/aromatic N) is 1. The van der Waals surface area contributed by atoms with Gasteiger partial charge in [-0.25, -0.2) is 4.57 Å². The number of quaternary nitrogens is 1. The third kappa shape index (κ3) is 25.7. The van der Waals surface area contributed by atoms with Crippen LogP contribution < -0.4 is 5.32 Å². The summed E-state index contributed by atoms with van der Waals surface area (Å²) in [4.78, 5) is 22.4. The molecule has 1 amide bonds. The zero-order valence-electron chi connectivity index (χ0n) is 25.6. The number of unbranched alkanes of at least 4 members (excludes halogenated alkanes) is 11. The third-order valence-corrected chi connectivity index (χ3v) is 7.41. The Morgan fingerprint density at radius 2 is 1.41 bits per heavy atom. The SMILES string of the molecule is CCCCCCCCCC/C=C/CC/C=C/C(O)C(COP(=O)(O)OCC[N+](C)(C)C)NC(=O)CCCCC. The Kier molecular flexibility index (Phi) is 23.0. The molecule has 0 aliphatic rings. The first-order valence-electron chi connectivity index (χ1n) is 15.2. The molecule has 0 fully saturated rings. The Hall–Kier alpha value is -1.02. The Balaban J connectivity index is 4.54. The van der Waals surface area contributed by atoms with E-state index in [9.17, 15) is 19.4 Å². The van der Waals surface area contributed by atoms with Crippen molar-refractivity contribution in [3.05, 3.63) is 24.3 Å². The number of phosphoric ester groups is 1. The summed E-state index contributed by atoms with van der Waals surface area (Å²) >= 11 is 0. The van der Waals surface area contributed by atoms with Gasteiger partial charge in [-0.1, -0.05) is 95.9 Å². The van der Waals surface area contributed by atoms with Crippen LogP contribution in [0.1, 0.15) is 110 Å². The summed E-state index contributed by atoms with van der Waals surface area (Å²) in [6.07, 6.45) is 23.2. The van der Waals surface area contributed by atoms with Gasteiger partial charge in [0.05, 0.1) is 39.9 Å². The molecule has 0 spiro atoms. The van der Waals surface area contributed by atoms with Crippen LogP contribution in [-0.4, -0.2) is 73.4 Å². The van der Waals surface area contributed by atoms with Crippen molar-refractivity contribution in [2.45, 2.75) is 122 Å². The minimum Gasteiger partial charge on any atom is -0.387 e. The van der Waals surface area contributed by atoms with Gasteiger partial charge in [-0.05, 0) is 32.1 Å². The van der Waals surface area contributed by atoms with Crippen molar-refractivity contribution >= 4 is 13.7 Å². The molecule has 0 bridgehead atoms. The lowest BCUT2D eigenvalue weighted by Crippen LogP contribution is -2.45. The van der Waals surface area contributed by atoms with E-state index in [1.807, 2.05) is 27.2 Å². The fourth-order valence-electron chi connectivity index (χ4n) is 3.88. The van der Waals surface area contributed by atoms with E-state index in [0.29, 0.717) is 17.4 Å². The molecule has 0 aromatic heterocycles. The monoisotopic (exact) mass is 575 g/mol. The van der Waals surface area contributed by atoms with E-state index >= 15 is 0 Å². The van der Waals surface area contributed by atoms with Crippen molar-refractivity contribution in [1.29, 1.82) is 0 Å². The topological polar surface area (TPSA) is 105 Å². The maximum Gasteiger partial charge on any atom is 0.472 e. The number of likely N-dealkylation sites (N-methyl/N-ethyl adjacent to an activating group) is 1. The normalized spacial score (nSPS) is 15.6. The first kappa shape index (κ1) is 38.0. The second-order valence-corrected chi connectivity index (χ2v) is 12.9. The molecule has 8 nitrogen and oxygen atoms in total. The van der Waals surface area contributed by atoms with Crippen LogP contribution in [0.3, 0.4) is 0 Å². The van der Waals surface area contributed by atoms with Crippen molar-refractivity contribution in [1.82, 2.24) is 5.32 Å². The smallest absolute Gasteiger partial charge is 0.387 e. The van der Waals surface area contributed by atoms with E-state index in [4.69, 9.17) is 9.05 Å². The average Bonchev–Trinajstić information content (AvgIpc) is 2.85. The largest absolute Gasteiger partial charge is 0.472 e. The lowest BCUT2D eigenvalue weighted by molar-refractivity contribution is -0.870. The van der Waals surface area contributed by atoms with Crippen LogP contribution >= 0.6 is 7.82 Å². The predicted octanol–water partition coefficient (Wildman–Crippen LogP) is 6.68. The maximum absolute atomic E-state index is 12.4. The average molecular weight is 576 g/mol. The summed E-state index contributed by atoms with van der Waals surface area (Å²) in [5.74, 6) is -0.216. The van der Waals surface area contributed by atoms with Gasteiger partial charge in [0.25, 0.3) is 0 Å². The minimum absolute atomic E-state index is 0.0559. The van der Waals surface area contributed by atoms with E-state index < -0.39 is 20.0 Å². The van der Waals surface area contributed by atoms with Gasteiger partial charge in [0, 0.05) is 6.42 Å². The van der Waals surface area contributed by atoms with Gasteiger partial charge < -0.3 is 19.8 Å². The van der Waals surface area contributed by atoms with E-state index in [2.05, 4.69) is 31.3 Å². The van der Waals surface area contributed by atoms with Gasteiger partial charge in [-0.3, -0.25) is 13.8 Å². The molecule has 3 N–H and O–H groups in total. The van der Waals surface area contributed by atoms with Gasteiger partial charge in [0.15, 0.2) is 0 Å². The number of allylic oxidation sites excluding steroid dienone is 3. The number of nitrogens with one attached hydrogen (secondary N) is 1.